The Morgan fingerprint density at radius 1 is 1.08 bits per heavy atom. The standard InChI is InChI=1S/C19H30N4O2/c1-5-22(6-2)18(24)15-7-9-16(10-8-15)20-17-11-13-23(14-12-17)19(25)21(3)4/h7-10,17,20H,5-6,11-14H2,1-4H3. The number of carbonyl (C=O) groups is 2. The summed E-state index contributed by atoms with van der Waals surface area (Å²) in [6, 6.07) is 8.14. The van der Waals surface area contributed by atoms with E-state index < -0.39 is 0 Å². The van der Waals surface area contributed by atoms with Crippen molar-refractivity contribution in [3.05, 3.63) is 29.8 Å². The molecule has 1 aliphatic rings. The van der Waals surface area contributed by atoms with Crippen LogP contribution in [-0.4, -0.2) is 73.0 Å². The molecular formula is C19H30N4O2. The molecule has 1 saturated heterocycles. The minimum absolute atomic E-state index is 0.0760. The minimum atomic E-state index is 0.0760. The van der Waals surface area contributed by atoms with Gasteiger partial charge in [-0.05, 0) is 51.0 Å². The number of piperidine rings is 1. The smallest absolute Gasteiger partial charge is 0.319 e. The Kier molecular flexibility index (Phi) is 6.67. The van der Waals surface area contributed by atoms with Gasteiger partial charge < -0.3 is 20.0 Å². The average Bonchev–Trinajstić information content (AvgIpc) is 2.63. The molecule has 1 aromatic carbocycles. The summed E-state index contributed by atoms with van der Waals surface area (Å²) in [6.45, 7) is 6.97. The molecule has 2 rings (SSSR count). The molecular weight excluding hydrogens is 316 g/mol. The fraction of sp³-hybridized carbons (Fsp3) is 0.579. The largest absolute Gasteiger partial charge is 0.382 e. The summed E-state index contributed by atoms with van der Waals surface area (Å²) < 4.78 is 0. The van der Waals surface area contributed by atoms with Crippen LogP contribution in [0.4, 0.5) is 10.5 Å². The third kappa shape index (κ3) is 4.87. The van der Waals surface area contributed by atoms with E-state index in [1.54, 1.807) is 19.0 Å². The van der Waals surface area contributed by atoms with Crippen LogP contribution in [0.25, 0.3) is 0 Å². The lowest BCUT2D eigenvalue weighted by molar-refractivity contribution is 0.0773. The fourth-order valence-electron chi connectivity index (χ4n) is 3.14. The maximum atomic E-state index is 12.3. The summed E-state index contributed by atoms with van der Waals surface area (Å²) in [5, 5.41) is 3.52. The Hall–Kier alpha value is -2.24. The molecule has 6 heteroatoms. The first-order chi connectivity index (χ1) is 12.0. The van der Waals surface area contributed by atoms with Crippen molar-refractivity contribution >= 4 is 17.6 Å². The molecule has 0 aliphatic carbocycles. The molecule has 1 fully saturated rings. The zero-order valence-electron chi connectivity index (χ0n) is 15.8. The molecule has 0 atom stereocenters. The van der Waals surface area contributed by atoms with E-state index in [0.717, 1.165) is 50.3 Å². The number of nitrogens with zero attached hydrogens (tertiary/aromatic N) is 3. The molecule has 0 radical (unpaired) electrons. The number of rotatable bonds is 5. The number of nitrogens with one attached hydrogen (secondary N) is 1. The van der Waals surface area contributed by atoms with E-state index in [4.69, 9.17) is 0 Å². The number of likely N-dealkylation sites (tertiary alicyclic amines) is 1. The van der Waals surface area contributed by atoms with Gasteiger partial charge in [0, 0.05) is 57.6 Å². The number of hydrogen-bond donors (Lipinski definition) is 1. The van der Waals surface area contributed by atoms with Crippen LogP contribution in [-0.2, 0) is 0 Å². The number of hydrogen-bond acceptors (Lipinski definition) is 3. The molecule has 0 saturated carbocycles. The molecule has 1 aromatic rings. The molecule has 0 bridgehead atoms. The van der Waals surface area contributed by atoms with Crippen LogP contribution in [0, 0.1) is 0 Å². The number of urea groups is 1. The highest BCUT2D eigenvalue weighted by Gasteiger charge is 2.23. The van der Waals surface area contributed by atoms with E-state index >= 15 is 0 Å². The summed E-state index contributed by atoms with van der Waals surface area (Å²) in [5.41, 5.74) is 1.74. The Bertz CT molecular complexity index is 574. The molecule has 1 N–H and O–H groups in total. The molecule has 138 valence electrons. The van der Waals surface area contributed by atoms with E-state index in [1.807, 2.05) is 47.9 Å². The van der Waals surface area contributed by atoms with Crippen LogP contribution < -0.4 is 5.32 Å². The summed E-state index contributed by atoms with van der Waals surface area (Å²) >= 11 is 0. The third-order valence-electron chi connectivity index (χ3n) is 4.70. The van der Waals surface area contributed by atoms with Crippen molar-refractivity contribution in [3.63, 3.8) is 0 Å². The third-order valence-corrected chi connectivity index (χ3v) is 4.70. The topological polar surface area (TPSA) is 55.9 Å². The van der Waals surface area contributed by atoms with Gasteiger partial charge in [-0.3, -0.25) is 4.79 Å². The Morgan fingerprint density at radius 3 is 2.12 bits per heavy atom. The van der Waals surface area contributed by atoms with Crippen LogP contribution in [0.1, 0.15) is 37.0 Å². The lowest BCUT2D eigenvalue weighted by atomic mass is 10.0. The highest BCUT2D eigenvalue weighted by Crippen LogP contribution is 2.18. The Labute approximate surface area is 150 Å². The summed E-state index contributed by atoms with van der Waals surface area (Å²) in [6.07, 6.45) is 1.86. The molecule has 1 aliphatic heterocycles. The van der Waals surface area contributed by atoms with E-state index in [9.17, 15) is 9.59 Å². The number of carbonyl (C=O) groups excluding carboxylic acids is 2. The maximum absolute atomic E-state index is 12.3. The highest BCUT2D eigenvalue weighted by molar-refractivity contribution is 5.94. The summed E-state index contributed by atoms with van der Waals surface area (Å²) in [5.74, 6) is 0.0760. The van der Waals surface area contributed by atoms with Gasteiger partial charge in [-0.1, -0.05) is 0 Å². The van der Waals surface area contributed by atoms with Crippen molar-refractivity contribution in [2.45, 2.75) is 32.7 Å². The highest BCUT2D eigenvalue weighted by atomic mass is 16.2. The number of amides is 3. The van der Waals surface area contributed by atoms with Gasteiger partial charge in [-0.25, -0.2) is 4.79 Å². The van der Waals surface area contributed by atoms with Crippen LogP contribution >= 0.6 is 0 Å². The lowest BCUT2D eigenvalue weighted by Gasteiger charge is -2.34. The first-order valence-electron chi connectivity index (χ1n) is 9.08. The van der Waals surface area contributed by atoms with Gasteiger partial charge in [-0.15, -0.1) is 0 Å². The fourth-order valence-corrected chi connectivity index (χ4v) is 3.14. The molecule has 3 amide bonds. The number of anilines is 1. The first-order valence-corrected chi connectivity index (χ1v) is 9.08. The van der Waals surface area contributed by atoms with Gasteiger partial charge in [0.15, 0.2) is 0 Å². The van der Waals surface area contributed by atoms with E-state index in [0.29, 0.717) is 6.04 Å². The van der Waals surface area contributed by atoms with Crippen LogP contribution in [0.5, 0.6) is 0 Å². The van der Waals surface area contributed by atoms with Crippen LogP contribution in [0.15, 0.2) is 24.3 Å². The monoisotopic (exact) mass is 346 g/mol. The van der Waals surface area contributed by atoms with Gasteiger partial charge in [0.2, 0.25) is 0 Å². The molecule has 0 aromatic heterocycles. The van der Waals surface area contributed by atoms with Gasteiger partial charge in [-0.2, -0.15) is 0 Å². The Balaban J connectivity index is 1.88. The maximum Gasteiger partial charge on any atom is 0.319 e. The summed E-state index contributed by atoms with van der Waals surface area (Å²) in [7, 11) is 3.57. The van der Waals surface area contributed by atoms with Crippen molar-refractivity contribution in [1.29, 1.82) is 0 Å². The lowest BCUT2D eigenvalue weighted by Crippen LogP contribution is -2.46. The second-order valence-electron chi connectivity index (χ2n) is 6.64. The molecule has 0 unspecified atom stereocenters. The van der Waals surface area contributed by atoms with Crippen molar-refractivity contribution in [1.82, 2.24) is 14.7 Å². The van der Waals surface area contributed by atoms with Gasteiger partial charge >= 0.3 is 6.03 Å². The predicted octanol–water partition coefficient (Wildman–Crippen LogP) is 2.73. The van der Waals surface area contributed by atoms with Gasteiger partial charge in [0.1, 0.15) is 0 Å². The average molecular weight is 346 g/mol. The van der Waals surface area contributed by atoms with E-state index in [1.165, 1.54) is 0 Å². The van der Waals surface area contributed by atoms with Gasteiger partial charge in [0.05, 0.1) is 0 Å². The molecule has 6 nitrogen and oxygen atoms in total. The van der Waals surface area contributed by atoms with E-state index in [-0.39, 0.29) is 11.9 Å². The van der Waals surface area contributed by atoms with Crippen LogP contribution in [0.3, 0.4) is 0 Å². The minimum Gasteiger partial charge on any atom is -0.382 e. The predicted molar refractivity (Wildman–Crippen MR) is 101 cm³/mol. The van der Waals surface area contributed by atoms with Crippen molar-refractivity contribution in [2.75, 3.05) is 45.6 Å². The normalized spacial score (nSPS) is 15.0. The van der Waals surface area contributed by atoms with Crippen LogP contribution in [0.2, 0.25) is 0 Å². The van der Waals surface area contributed by atoms with Gasteiger partial charge in [0.25, 0.3) is 5.91 Å². The van der Waals surface area contributed by atoms with Crippen molar-refractivity contribution in [2.24, 2.45) is 0 Å². The van der Waals surface area contributed by atoms with Crippen molar-refractivity contribution < 1.29 is 9.59 Å². The zero-order valence-corrected chi connectivity index (χ0v) is 15.8. The second-order valence-corrected chi connectivity index (χ2v) is 6.64. The number of benzene rings is 1. The first kappa shape index (κ1) is 19.1. The SMILES string of the molecule is CCN(CC)C(=O)c1ccc(NC2CCN(C(=O)N(C)C)CC2)cc1. The van der Waals surface area contributed by atoms with E-state index in [2.05, 4.69) is 5.32 Å². The second kappa shape index (κ2) is 8.74. The van der Waals surface area contributed by atoms with Crippen molar-refractivity contribution in [3.8, 4) is 0 Å². The zero-order chi connectivity index (χ0) is 18.4. The molecule has 0 spiro atoms. The quantitative estimate of drug-likeness (QED) is 0.892. The summed E-state index contributed by atoms with van der Waals surface area (Å²) in [4.78, 5) is 29.6. The molecule has 1 heterocycles. The Morgan fingerprint density at radius 2 is 1.64 bits per heavy atom. The molecule has 25 heavy (non-hydrogen) atoms.